The number of carbonyl (C=O) groups is 1. The van der Waals surface area contributed by atoms with Crippen molar-refractivity contribution < 1.29 is 9.53 Å². The van der Waals surface area contributed by atoms with Crippen LogP contribution in [0.5, 0.6) is 0 Å². The Balaban J connectivity index is 1.87. The number of piperidine rings is 2. The van der Waals surface area contributed by atoms with E-state index >= 15 is 0 Å². The van der Waals surface area contributed by atoms with Crippen molar-refractivity contribution >= 4 is 5.91 Å². The zero-order valence-corrected chi connectivity index (χ0v) is 10.1. The lowest BCUT2D eigenvalue weighted by Gasteiger charge is -2.35. The highest BCUT2D eigenvalue weighted by atomic mass is 16.5. The van der Waals surface area contributed by atoms with Crippen LogP contribution >= 0.6 is 0 Å². The summed E-state index contributed by atoms with van der Waals surface area (Å²) >= 11 is 0. The van der Waals surface area contributed by atoms with Crippen LogP contribution in [0, 0.1) is 5.92 Å². The second kappa shape index (κ2) is 5.64. The minimum absolute atomic E-state index is 0.198. The average molecular weight is 226 g/mol. The number of hydrogen-bond donors (Lipinski definition) is 1. The number of nitrogens with zero attached hydrogens (tertiary/aromatic N) is 1. The summed E-state index contributed by atoms with van der Waals surface area (Å²) in [4.78, 5) is 14.2. The number of hydrogen-bond acceptors (Lipinski definition) is 3. The molecule has 0 aromatic carbocycles. The van der Waals surface area contributed by atoms with E-state index in [1.165, 1.54) is 0 Å². The van der Waals surface area contributed by atoms with E-state index in [0.29, 0.717) is 5.91 Å². The molecule has 16 heavy (non-hydrogen) atoms. The molecule has 0 unspecified atom stereocenters. The van der Waals surface area contributed by atoms with Crippen LogP contribution in [0.3, 0.4) is 0 Å². The molecule has 4 nitrogen and oxygen atoms in total. The minimum atomic E-state index is 0.198. The first-order valence-corrected chi connectivity index (χ1v) is 6.33. The first kappa shape index (κ1) is 11.9. The Labute approximate surface area is 97.3 Å². The fourth-order valence-electron chi connectivity index (χ4n) is 2.65. The highest BCUT2D eigenvalue weighted by Gasteiger charge is 2.29. The third-order valence-electron chi connectivity index (χ3n) is 3.67. The minimum Gasteiger partial charge on any atom is -0.380 e. The summed E-state index contributed by atoms with van der Waals surface area (Å²) in [7, 11) is 1.74. The maximum Gasteiger partial charge on any atom is 0.227 e. The van der Waals surface area contributed by atoms with Gasteiger partial charge in [-0.25, -0.2) is 0 Å². The molecular weight excluding hydrogens is 204 g/mol. The smallest absolute Gasteiger partial charge is 0.227 e. The largest absolute Gasteiger partial charge is 0.380 e. The number of methoxy groups -OCH3 is 1. The van der Waals surface area contributed by atoms with Gasteiger partial charge in [0.05, 0.1) is 12.0 Å². The molecule has 0 radical (unpaired) electrons. The first-order chi connectivity index (χ1) is 7.81. The van der Waals surface area contributed by atoms with Crippen LogP contribution in [0.4, 0.5) is 0 Å². The Morgan fingerprint density at radius 2 is 2.25 bits per heavy atom. The highest BCUT2D eigenvalue weighted by molar-refractivity contribution is 5.79. The van der Waals surface area contributed by atoms with Crippen LogP contribution in [0.25, 0.3) is 0 Å². The lowest BCUT2D eigenvalue weighted by Crippen LogP contribution is -2.48. The molecule has 4 heteroatoms. The molecule has 2 atom stereocenters. The fourth-order valence-corrected chi connectivity index (χ4v) is 2.65. The molecule has 92 valence electrons. The predicted molar refractivity (Wildman–Crippen MR) is 62.2 cm³/mol. The van der Waals surface area contributed by atoms with Gasteiger partial charge in [0.15, 0.2) is 0 Å². The van der Waals surface area contributed by atoms with E-state index < -0.39 is 0 Å². The Kier molecular flexibility index (Phi) is 4.18. The molecule has 0 aliphatic carbocycles. The van der Waals surface area contributed by atoms with Crippen molar-refractivity contribution in [3.05, 3.63) is 0 Å². The number of carbonyl (C=O) groups excluding carboxylic acids is 1. The zero-order chi connectivity index (χ0) is 11.4. The Morgan fingerprint density at radius 1 is 1.38 bits per heavy atom. The summed E-state index contributed by atoms with van der Waals surface area (Å²) in [6, 6.07) is 0. The second-order valence-corrected chi connectivity index (χ2v) is 4.83. The summed E-state index contributed by atoms with van der Waals surface area (Å²) < 4.78 is 5.35. The van der Waals surface area contributed by atoms with Crippen LogP contribution in [0.1, 0.15) is 25.7 Å². The molecule has 1 amide bonds. The van der Waals surface area contributed by atoms with E-state index in [4.69, 9.17) is 4.74 Å². The van der Waals surface area contributed by atoms with Gasteiger partial charge in [0.2, 0.25) is 5.91 Å². The summed E-state index contributed by atoms with van der Waals surface area (Å²) in [5, 5.41) is 3.30. The van der Waals surface area contributed by atoms with Crippen molar-refractivity contribution in [1.29, 1.82) is 0 Å². The lowest BCUT2D eigenvalue weighted by molar-refractivity contribution is -0.139. The van der Waals surface area contributed by atoms with E-state index in [-0.39, 0.29) is 12.0 Å². The van der Waals surface area contributed by atoms with Crippen molar-refractivity contribution in [3.8, 4) is 0 Å². The van der Waals surface area contributed by atoms with Crippen molar-refractivity contribution in [2.75, 3.05) is 33.3 Å². The van der Waals surface area contributed by atoms with Crippen LogP contribution in [-0.4, -0.2) is 50.2 Å². The third-order valence-corrected chi connectivity index (χ3v) is 3.67. The SMILES string of the molecule is CO[C@@H]1CCCN(C(=O)[C@H]2CCCNC2)C1. The Morgan fingerprint density at radius 3 is 2.94 bits per heavy atom. The van der Waals surface area contributed by atoms with E-state index in [2.05, 4.69) is 5.32 Å². The molecule has 2 aliphatic heterocycles. The van der Waals surface area contributed by atoms with Gasteiger partial charge in [-0.1, -0.05) is 0 Å². The maximum absolute atomic E-state index is 12.2. The second-order valence-electron chi connectivity index (χ2n) is 4.83. The normalized spacial score (nSPS) is 31.4. The van der Waals surface area contributed by atoms with E-state index in [0.717, 1.165) is 51.9 Å². The summed E-state index contributed by atoms with van der Waals surface area (Å²) in [5.41, 5.74) is 0. The molecule has 2 fully saturated rings. The number of amides is 1. The van der Waals surface area contributed by atoms with Gasteiger partial charge in [-0.05, 0) is 32.2 Å². The molecular formula is C12H22N2O2. The topological polar surface area (TPSA) is 41.6 Å². The molecule has 0 bridgehead atoms. The standard InChI is InChI=1S/C12H22N2O2/c1-16-11-5-3-7-14(9-11)12(15)10-4-2-6-13-8-10/h10-11,13H,2-9H2,1H3/t10-,11+/m0/s1. The van der Waals surface area contributed by atoms with Gasteiger partial charge in [0.25, 0.3) is 0 Å². The fraction of sp³-hybridized carbons (Fsp3) is 0.917. The van der Waals surface area contributed by atoms with E-state index in [1.807, 2.05) is 4.90 Å². The highest BCUT2D eigenvalue weighted by Crippen LogP contribution is 2.18. The predicted octanol–water partition coefficient (Wildman–Crippen LogP) is 0.623. The van der Waals surface area contributed by atoms with Gasteiger partial charge in [0.1, 0.15) is 0 Å². The monoisotopic (exact) mass is 226 g/mol. The van der Waals surface area contributed by atoms with Gasteiger partial charge < -0.3 is 15.0 Å². The van der Waals surface area contributed by atoms with E-state index in [9.17, 15) is 4.79 Å². The molecule has 1 N–H and O–H groups in total. The van der Waals surface area contributed by atoms with Crippen molar-refractivity contribution in [2.24, 2.45) is 5.92 Å². The van der Waals surface area contributed by atoms with Crippen molar-refractivity contribution in [2.45, 2.75) is 31.8 Å². The molecule has 2 heterocycles. The van der Waals surface area contributed by atoms with Gasteiger partial charge in [-0.2, -0.15) is 0 Å². The zero-order valence-electron chi connectivity index (χ0n) is 10.1. The van der Waals surface area contributed by atoms with Gasteiger partial charge in [-0.15, -0.1) is 0 Å². The Hall–Kier alpha value is -0.610. The molecule has 2 aliphatic rings. The van der Waals surface area contributed by atoms with Crippen molar-refractivity contribution in [3.63, 3.8) is 0 Å². The summed E-state index contributed by atoms with van der Waals surface area (Å²) in [6.45, 7) is 3.61. The molecule has 0 aromatic heterocycles. The third kappa shape index (κ3) is 2.74. The average Bonchev–Trinajstić information content (AvgIpc) is 2.39. The Bertz CT molecular complexity index is 239. The number of ether oxygens (including phenoxy) is 1. The van der Waals surface area contributed by atoms with Crippen molar-refractivity contribution in [1.82, 2.24) is 10.2 Å². The molecule has 0 spiro atoms. The van der Waals surface area contributed by atoms with Gasteiger partial charge in [0, 0.05) is 26.7 Å². The van der Waals surface area contributed by atoms with E-state index in [1.54, 1.807) is 7.11 Å². The quantitative estimate of drug-likeness (QED) is 0.750. The summed E-state index contributed by atoms with van der Waals surface area (Å²) in [6.07, 6.45) is 4.57. The van der Waals surface area contributed by atoms with Gasteiger partial charge in [-0.3, -0.25) is 4.79 Å². The first-order valence-electron chi connectivity index (χ1n) is 6.33. The number of likely N-dealkylation sites (tertiary alicyclic amines) is 1. The molecule has 0 saturated carbocycles. The number of rotatable bonds is 2. The molecule has 0 aromatic rings. The van der Waals surface area contributed by atoms with Gasteiger partial charge >= 0.3 is 0 Å². The number of nitrogens with one attached hydrogen (secondary N) is 1. The maximum atomic E-state index is 12.2. The van der Waals surface area contributed by atoms with Crippen LogP contribution in [0.2, 0.25) is 0 Å². The van der Waals surface area contributed by atoms with Crippen LogP contribution in [0.15, 0.2) is 0 Å². The molecule has 2 rings (SSSR count). The van der Waals surface area contributed by atoms with Crippen LogP contribution < -0.4 is 5.32 Å². The summed E-state index contributed by atoms with van der Waals surface area (Å²) in [5.74, 6) is 0.526. The molecule has 2 saturated heterocycles. The van der Waals surface area contributed by atoms with Crippen LogP contribution in [-0.2, 0) is 9.53 Å². The lowest BCUT2D eigenvalue weighted by atomic mass is 9.96.